The Morgan fingerprint density at radius 3 is 1.87 bits per heavy atom. The molecule has 5 heterocycles. The minimum atomic E-state index is -2.40. The zero-order valence-electron chi connectivity index (χ0n) is 65.5. The monoisotopic (exact) mass is 1620 g/mol. The van der Waals surface area contributed by atoms with Gasteiger partial charge in [0.1, 0.15) is 62.0 Å². The molecule has 3 aliphatic heterocycles. The number of nitrogens with zero attached hydrogens (tertiary/aromatic N) is 4. The van der Waals surface area contributed by atoms with Crippen molar-refractivity contribution in [1.82, 2.24) is 35.6 Å². The van der Waals surface area contributed by atoms with E-state index in [4.69, 9.17) is 81.5 Å². The van der Waals surface area contributed by atoms with E-state index in [2.05, 4.69) is 35.5 Å². The summed E-state index contributed by atoms with van der Waals surface area (Å²) in [4.78, 5) is 91.9. The lowest BCUT2D eigenvalue weighted by molar-refractivity contribution is -0.249. The van der Waals surface area contributed by atoms with E-state index in [1.54, 1.807) is 38.7 Å². The molecule has 2 aromatic heterocycles. The molecule has 0 saturated carbocycles. The number of aliphatic hydroxyl groups excluding tert-OH is 3. The molecule has 1 unspecified atom stereocenters. The molecule has 2 amide bonds. The Bertz CT molecular complexity index is 4520. The first kappa shape index (κ1) is 87.7. The molecule has 31 nitrogen and oxygen atoms in total. The Labute approximate surface area is 668 Å². The number of Topliss-reactive ketones (excluding diaryl/α,β-unsaturated/α-hetero) is 1. The van der Waals surface area contributed by atoms with E-state index in [0.29, 0.717) is 118 Å². The number of carbonyl (C=O) groups excluding carboxylic acids is 5. The number of aryl methyl sites for hydroxylation is 2. The van der Waals surface area contributed by atoms with E-state index in [9.17, 15) is 54.6 Å². The molecule has 3 aromatic carbocycles. The van der Waals surface area contributed by atoms with Gasteiger partial charge >= 0.3 is 12.2 Å². The summed E-state index contributed by atoms with van der Waals surface area (Å²) in [5.74, 6) is -2.69. The molecule has 6 atom stereocenters. The summed E-state index contributed by atoms with van der Waals surface area (Å²) in [5.41, 5.74) is 7.30. The largest absolute Gasteiger partial charge is 0.507 e. The fourth-order valence-electron chi connectivity index (χ4n) is 14.2. The fraction of sp³-hybridized carbons (Fsp3) is 0.519. The molecule has 1 fully saturated rings. The number of rotatable bonds is 42. The molecular formula is C81H103N7O24S2. The van der Waals surface area contributed by atoms with Crippen molar-refractivity contribution in [2.75, 3.05) is 145 Å². The minimum Gasteiger partial charge on any atom is -0.507 e. The van der Waals surface area contributed by atoms with Crippen LogP contribution < -0.4 is 24.8 Å². The zero-order chi connectivity index (χ0) is 81.4. The van der Waals surface area contributed by atoms with Crippen LogP contribution in [0, 0.1) is 6.92 Å². The van der Waals surface area contributed by atoms with Crippen molar-refractivity contribution in [2.45, 2.75) is 129 Å². The number of alkyl carbamates (subject to hydrolysis) is 2. The summed E-state index contributed by atoms with van der Waals surface area (Å²) in [7, 11) is 7.30. The second kappa shape index (κ2) is 42.8. The number of fused-ring (bicyclic) bond motifs is 10. The van der Waals surface area contributed by atoms with Gasteiger partial charge in [-0.25, -0.2) is 19.6 Å². The maximum Gasteiger partial charge on any atom is 0.407 e. The van der Waals surface area contributed by atoms with Crippen LogP contribution in [0.25, 0.3) is 44.4 Å². The third kappa shape index (κ3) is 21.7. The highest BCUT2D eigenvalue weighted by molar-refractivity contribution is 8.76. The van der Waals surface area contributed by atoms with E-state index in [0.717, 1.165) is 74.4 Å². The standard InChI is InChI=1S/C81H103N7O24S2/c1-9-49-50(10-2)56-37-58-52(16-13-19-89)47(4)63(87-58)44-84-60-39-66(108-31-29-106-27-25-104-23-21-101-7)65(107-30-28-105-26-24-103-22-20-100-6)38-59(60)83-43-62-46(3)51(57(86-62)36-55(49)85-56)15-12-18-82-79(97)109-32-34-113-114-35-33-110-80(98)88-61-40-69(111-48(5)74(61)92)112-67-42-81(99,68(91)45-90)41-54-71(67)78(96)73-72(76(54)94)75(93)53-14-11-17-64(102-8)70(53)77(73)95/h11,14,17,36-39,43-44,48,61,67,69,74,86,89-90,92,94,96,99H,9-10,12-13,15-16,18-35,40-42,45H2,1-8H3,(H,82,97)(H,88,98)/t48-,61-,67?,69-,74+,81+/m1/s1. The number of ketones is 3. The molecule has 33 heteroatoms. The zero-order valence-corrected chi connectivity index (χ0v) is 67.2. The van der Waals surface area contributed by atoms with Crippen LogP contribution in [0.2, 0.25) is 0 Å². The van der Waals surface area contributed by atoms with Crippen LogP contribution in [0.4, 0.5) is 9.59 Å². The number of benzene rings is 3. The van der Waals surface area contributed by atoms with Gasteiger partial charge in [0, 0.05) is 92.5 Å². The normalized spacial score (nSPS) is 18.4. The number of hydrogen-bond acceptors (Lipinski definition) is 30. The Kier molecular flexibility index (Phi) is 32.9. The average molecular weight is 1620 g/mol. The van der Waals surface area contributed by atoms with Gasteiger partial charge in [0.05, 0.1) is 160 Å². The molecule has 10 rings (SSSR count). The van der Waals surface area contributed by atoms with E-state index in [-0.39, 0.29) is 87.2 Å². The van der Waals surface area contributed by atoms with Gasteiger partial charge in [-0.15, -0.1) is 0 Å². The lowest BCUT2D eigenvalue weighted by Crippen LogP contribution is -2.56. The lowest BCUT2D eigenvalue weighted by atomic mass is 9.72. The van der Waals surface area contributed by atoms with Crippen LogP contribution in [-0.2, 0) is 65.0 Å². The third-order valence-corrected chi connectivity index (χ3v) is 22.3. The van der Waals surface area contributed by atoms with Gasteiger partial charge in [0.25, 0.3) is 0 Å². The minimum absolute atomic E-state index is 0.00548. The first-order valence-electron chi connectivity index (χ1n) is 38.2. The van der Waals surface area contributed by atoms with Crippen molar-refractivity contribution in [2.24, 2.45) is 0 Å². The van der Waals surface area contributed by atoms with Gasteiger partial charge in [-0.05, 0) is 111 Å². The summed E-state index contributed by atoms with van der Waals surface area (Å²) in [6.07, 6.45) is -0.990. The SMILES string of the molecule is CCC1=C(CC)c2cc3[nH]c(cnc4cc(OCCOCCOCCOC)c(OCCOCCOCCOC)cc4ncc4nc(cc1n2)C(CCCO)=C4C)c(C)c3CCCNC(=O)OCCSSCCOC(=O)N[C@@H]1C[C@@H](OC2C[C@](O)(C(=O)CO)Cc3c(O)c4c(c(O)c32)C(=O)c2c(OC)cccc2C4=O)O[C@H](C)[C@@H]1O. The maximum absolute atomic E-state index is 14.2. The number of aliphatic hydroxyl groups is 4. The third-order valence-electron chi connectivity index (χ3n) is 20.0. The number of ether oxygens (including phenoxy) is 13. The highest BCUT2D eigenvalue weighted by Gasteiger charge is 2.51. The van der Waals surface area contributed by atoms with Crippen molar-refractivity contribution >= 4 is 95.5 Å². The van der Waals surface area contributed by atoms with Gasteiger partial charge in [0.15, 0.2) is 29.4 Å². The molecule has 6 bridgehead atoms. The van der Waals surface area contributed by atoms with Gasteiger partial charge < -0.3 is 108 Å². The van der Waals surface area contributed by atoms with Crippen molar-refractivity contribution < 1.29 is 116 Å². The summed E-state index contributed by atoms with van der Waals surface area (Å²) in [6.45, 7) is 13.3. The quantitative estimate of drug-likeness (QED) is 0.00979. The number of aromatic nitrogens is 5. The number of nitrogens with one attached hydrogen (secondary N) is 3. The van der Waals surface area contributed by atoms with Crippen LogP contribution in [0.15, 0.2) is 54.9 Å². The van der Waals surface area contributed by atoms with E-state index in [1.807, 2.05) is 19.9 Å². The summed E-state index contributed by atoms with van der Waals surface area (Å²) >= 11 is 0. The van der Waals surface area contributed by atoms with Crippen molar-refractivity contribution in [3.8, 4) is 28.7 Å². The molecule has 0 radical (unpaired) electrons. The molecule has 114 heavy (non-hydrogen) atoms. The average Bonchev–Trinajstić information content (AvgIpc) is 0.845. The second-order valence-electron chi connectivity index (χ2n) is 27.3. The first-order chi connectivity index (χ1) is 55.2. The Morgan fingerprint density at radius 1 is 0.667 bits per heavy atom. The number of carbonyl (C=O) groups is 5. The molecular weight excluding hydrogens is 1520 g/mol. The van der Waals surface area contributed by atoms with Crippen LogP contribution in [-0.4, -0.2) is 260 Å². The first-order valence-corrected chi connectivity index (χ1v) is 40.7. The van der Waals surface area contributed by atoms with Gasteiger partial charge in [-0.1, -0.05) is 47.6 Å². The molecule has 5 aromatic rings. The Morgan fingerprint density at radius 2 is 1.25 bits per heavy atom. The summed E-state index contributed by atoms with van der Waals surface area (Å²) in [5, 5.41) is 72.2. The number of H-pyrrole nitrogens is 1. The molecule has 5 aliphatic rings. The van der Waals surface area contributed by atoms with Gasteiger partial charge in [-0.2, -0.15) is 0 Å². The van der Waals surface area contributed by atoms with Crippen molar-refractivity contribution in [3.05, 3.63) is 122 Å². The smallest absolute Gasteiger partial charge is 0.407 e. The number of hydrogen-bond donors (Lipinski definition) is 9. The number of phenols is 2. The molecule has 9 N–H and O–H groups in total. The lowest BCUT2D eigenvalue weighted by Gasteiger charge is -2.42. The summed E-state index contributed by atoms with van der Waals surface area (Å²) in [6, 6.07) is 10.9. The van der Waals surface area contributed by atoms with Crippen molar-refractivity contribution in [3.63, 3.8) is 0 Å². The number of aromatic amines is 1. The fourth-order valence-corrected chi connectivity index (χ4v) is 15.8. The Hall–Kier alpha value is -8.65. The predicted octanol–water partition coefficient (Wildman–Crippen LogP) is 9.02. The molecule has 618 valence electrons. The number of aromatic hydroxyl groups is 2. The molecule has 1 saturated heterocycles. The van der Waals surface area contributed by atoms with Gasteiger partial charge in [-0.3, -0.25) is 24.4 Å². The Balaban J connectivity index is 0.768. The second-order valence-corrected chi connectivity index (χ2v) is 30.0. The van der Waals surface area contributed by atoms with Crippen LogP contribution in [0.3, 0.4) is 0 Å². The maximum atomic E-state index is 14.2. The van der Waals surface area contributed by atoms with E-state index >= 15 is 0 Å². The van der Waals surface area contributed by atoms with Crippen LogP contribution in [0.5, 0.6) is 28.7 Å². The number of allylic oxidation sites excluding steroid dienone is 4. The molecule has 0 spiro atoms. The van der Waals surface area contributed by atoms with Crippen molar-refractivity contribution in [1.29, 1.82) is 0 Å². The number of phenolic OH excluding ortho intramolecular Hbond substituents is 2. The highest BCUT2D eigenvalue weighted by Crippen LogP contribution is 2.53. The predicted molar refractivity (Wildman–Crippen MR) is 425 cm³/mol. The van der Waals surface area contributed by atoms with Crippen LogP contribution >= 0.6 is 21.6 Å². The summed E-state index contributed by atoms with van der Waals surface area (Å²) < 4.78 is 74.4. The topological polar surface area (TPSA) is 418 Å². The van der Waals surface area contributed by atoms with Crippen LogP contribution in [0.1, 0.15) is 156 Å². The highest BCUT2D eigenvalue weighted by atomic mass is 33.1. The molecule has 2 aliphatic carbocycles. The van der Waals surface area contributed by atoms with E-state index in [1.165, 1.54) is 53.8 Å². The van der Waals surface area contributed by atoms with Gasteiger partial charge in [0.2, 0.25) is 5.78 Å². The number of methoxy groups -OCH3 is 3. The number of amides is 2. The van der Waals surface area contributed by atoms with E-state index < -0.39 is 108 Å².